The Morgan fingerprint density at radius 2 is 2.10 bits per heavy atom. The number of hydrogen-bond acceptors (Lipinski definition) is 2. The maximum atomic E-state index is 9.21. The Hall–Kier alpha value is -0.340. The summed E-state index contributed by atoms with van der Waals surface area (Å²) in [6, 6.07) is 0. The van der Waals surface area contributed by atoms with Crippen LogP contribution in [0.2, 0.25) is 0 Å². The normalized spacial score (nSPS) is 17.6. The maximum absolute atomic E-state index is 9.21. The molecule has 0 aliphatic rings. The zero-order chi connectivity index (χ0) is 8.04. The van der Waals surface area contributed by atoms with E-state index in [1.165, 1.54) is 0 Å². The molecule has 0 radical (unpaired) electrons. The number of allylic oxidation sites excluding steroid dienone is 1. The third-order valence-electron chi connectivity index (χ3n) is 1.25. The molecular formula is C8H16O2. The first-order valence-corrected chi connectivity index (χ1v) is 3.63. The van der Waals surface area contributed by atoms with Crippen molar-refractivity contribution in [1.82, 2.24) is 0 Å². The van der Waals surface area contributed by atoms with Crippen molar-refractivity contribution >= 4 is 0 Å². The van der Waals surface area contributed by atoms with Crippen LogP contribution in [-0.4, -0.2) is 22.4 Å². The zero-order valence-electron chi connectivity index (χ0n) is 6.67. The Bertz CT molecular complexity index is 106. The molecular weight excluding hydrogens is 128 g/mol. The summed E-state index contributed by atoms with van der Waals surface area (Å²) in [7, 11) is 0. The Morgan fingerprint density at radius 3 is 2.50 bits per heavy atom. The Morgan fingerprint density at radius 1 is 1.50 bits per heavy atom. The number of hydrogen-bond donors (Lipinski definition) is 2. The second-order valence-corrected chi connectivity index (χ2v) is 2.71. The lowest BCUT2D eigenvalue weighted by atomic mass is 10.1. The quantitative estimate of drug-likeness (QED) is 0.580. The van der Waals surface area contributed by atoms with E-state index < -0.39 is 5.60 Å². The van der Waals surface area contributed by atoms with Crippen LogP contribution in [-0.2, 0) is 0 Å². The van der Waals surface area contributed by atoms with Crippen LogP contribution in [0.1, 0.15) is 26.7 Å². The first-order valence-electron chi connectivity index (χ1n) is 3.63. The molecule has 0 amide bonds. The van der Waals surface area contributed by atoms with E-state index in [1.807, 2.05) is 6.08 Å². The van der Waals surface area contributed by atoms with Gasteiger partial charge in [0, 0.05) is 0 Å². The molecule has 0 aliphatic heterocycles. The molecule has 0 aliphatic carbocycles. The van der Waals surface area contributed by atoms with Crippen LogP contribution < -0.4 is 0 Å². The van der Waals surface area contributed by atoms with Crippen LogP contribution in [0.5, 0.6) is 0 Å². The summed E-state index contributed by atoms with van der Waals surface area (Å²) in [5, 5.41) is 17.8. The van der Waals surface area contributed by atoms with E-state index in [1.54, 1.807) is 13.0 Å². The molecule has 0 aromatic carbocycles. The van der Waals surface area contributed by atoms with Crippen molar-refractivity contribution in [3.05, 3.63) is 12.2 Å². The van der Waals surface area contributed by atoms with Gasteiger partial charge >= 0.3 is 0 Å². The molecule has 10 heavy (non-hydrogen) atoms. The fourth-order valence-corrected chi connectivity index (χ4v) is 0.557. The van der Waals surface area contributed by atoms with Crippen LogP contribution in [0.3, 0.4) is 0 Å². The van der Waals surface area contributed by atoms with Crippen LogP contribution in [0.15, 0.2) is 12.2 Å². The minimum Gasteiger partial charge on any atom is -0.393 e. The summed E-state index contributed by atoms with van der Waals surface area (Å²) in [5.41, 5.74) is -1.03. The van der Waals surface area contributed by atoms with Gasteiger partial charge in [0.1, 0.15) is 5.60 Å². The van der Waals surface area contributed by atoms with E-state index in [0.717, 1.165) is 12.8 Å². The van der Waals surface area contributed by atoms with Gasteiger partial charge in [-0.05, 0) is 13.3 Å². The number of rotatable bonds is 4. The monoisotopic (exact) mass is 144 g/mol. The van der Waals surface area contributed by atoms with Crippen molar-refractivity contribution in [1.29, 1.82) is 0 Å². The second kappa shape index (κ2) is 4.47. The average molecular weight is 144 g/mol. The summed E-state index contributed by atoms with van der Waals surface area (Å²) in [4.78, 5) is 0. The summed E-state index contributed by atoms with van der Waals surface area (Å²) in [5.74, 6) is 0. The molecule has 0 saturated heterocycles. The molecule has 2 nitrogen and oxygen atoms in total. The van der Waals surface area contributed by atoms with Crippen LogP contribution >= 0.6 is 0 Å². The fraction of sp³-hybridized carbons (Fsp3) is 0.750. The first kappa shape index (κ1) is 9.66. The van der Waals surface area contributed by atoms with Crippen molar-refractivity contribution in [2.45, 2.75) is 32.3 Å². The lowest BCUT2D eigenvalue weighted by molar-refractivity contribution is 0.0433. The fourth-order valence-electron chi connectivity index (χ4n) is 0.557. The van der Waals surface area contributed by atoms with E-state index in [2.05, 4.69) is 6.92 Å². The summed E-state index contributed by atoms with van der Waals surface area (Å²) >= 11 is 0. The van der Waals surface area contributed by atoms with Crippen molar-refractivity contribution < 1.29 is 10.2 Å². The van der Waals surface area contributed by atoms with Gasteiger partial charge < -0.3 is 10.2 Å². The zero-order valence-corrected chi connectivity index (χ0v) is 6.67. The van der Waals surface area contributed by atoms with Crippen LogP contribution in [0.4, 0.5) is 0 Å². The molecule has 0 rings (SSSR count). The van der Waals surface area contributed by atoms with Gasteiger partial charge in [0.25, 0.3) is 0 Å². The van der Waals surface area contributed by atoms with E-state index in [4.69, 9.17) is 5.11 Å². The molecule has 0 aromatic rings. The van der Waals surface area contributed by atoms with Crippen molar-refractivity contribution in [2.24, 2.45) is 0 Å². The lowest BCUT2D eigenvalue weighted by Crippen LogP contribution is -2.25. The summed E-state index contributed by atoms with van der Waals surface area (Å²) in [6.07, 6.45) is 5.54. The van der Waals surface area contributed by atoms with Gasteiger partial charge in [0.05, 0.1) is 6.61 Å². The third-order valence-corrected chi connectivity index (χ3v) is 1.25. The molecule has 1 unspecified atom stereocenters. The summed E-state index contributed by atoms with van der Waals surface area (Å²) < 4.78 is 0. The Kier molecular flexibility index (Phi) is 4.32. The van der Waals surface area contributed by atoms with Gasteiger partial charge in [-0.3, -0.25) is 0 Å². The van der Waals surface area contributed by atoms with E-state index >= 15 is 0 Å². The topological polar surface area (TPSA) is 40.5 Å². The Balaban J connectivity index is 3.63. The molecule has 0 bridgehead atoms. The van der Waals surface area contributed by atoms with Gasteiger partial charge in [-0.1, -0.05) is 25.5 Å². The molecule has 0 heterocycles. The molecule has 2 heteroatoms. The van der Waals surface area contributed by atoms with Crippen molar-refractivity contribution in [3.8, 4) is 0 Å². The molecule has 0 spiro atoms. The minimum atomic E-state index is -1.03. The highest BCUT2D eigenvalue weighted by atomic mass is 16.3. The molecule has 0 fully saturated rings. The predicted octanol–water partition coefficient (Wildman–Crippen LogP) is 1.09. The standard InChI is InChI=1S/C8H16O2/c1-3-4-5-6-8(2,10)7-9/h5-6,9-10H,3-4,7H2,1-2H3. The highest BCUT2D eigenvalue weighted by molar-refractivity contribution is 4.97. The molecule has 0 saturated carbocycles. The van der Waals surface area contributed by atoms with Gasteiger partial charge in [0.2, 0.25) is 0 Å². The third kappa shape index (κ3) is 4.53. The lowest BCUT2D eigenvalue weighted by Gasteiger charge is -2.13. The SMILES string of the molecule is CCCC=CC(C)(O)CO. The van der Waals surface area contributed by atoms with Gasteiger partial charge in [-0.25, -0.2) is 0 Å². The van der Waals surface area contributed by atoms with E-state index in [-0.39, 0.29) is 6.61 Å². The van der Waals surface area contributed by atoms with E-state index in [9.17, 15) is 5.11 Å². The summed E-state index contributed by atoms with van der Waals surface area (Å²) in [6.45, 7) is 3.43. The first-order chi connectivity index (χ1) is 4.62. The van der Waals surface area contributed by atoms with Gasteiger partial charge in [0.15, 0.2) is 0 Å². The highest BCUT2D eigenvalue weighted by Crippen LogP contribution is 2.04. The minimum absolute atomic E-state index is 0.215. The predicted molar refractivity (Wildman–Crippen MR) is 41.8 cm³/mol. The van der Waals surface area contributed by atoms with Gasteiger partial charge in [-0.2, -0.15) is 0 Å². The molecule has 2 N–H and O–H groups in total. The maximum Gasteiger partial charge on any atom is 0.103 e. The van der Waals surface area contributed by atoms with Crippen LogP contribution in [0, 0.1) is 0 Å². The highest BCUT2D eigenvalue weighted by Gasteiger charge is 2.12. The molecule has 60 valence electrons. The second-order valence-electron chi connectivity index (χ2n) is 2.71. The number of unbranched alkanes of at least 4 members (excludes halogenated alkanes) is 1. The number of aliphatic hydroxyl groups is 2. The largest absolute Gasteiger partial charge is 0.393 e. The van der Waals surface area contributed by atoms with Gasteiger partial charge in [-0.15, -0.1) is 0 Å². The van der Waals surface area contributed by atoms with Crippen molar-refractivity contribution in [3.63, 3.8) is 0 Å². The Labute approximate surface area is 62.2 Å². The van der Waals surface area contributed by atoms with Crippen LogP contribution in [0.25, 0.3) is 0 Å². The molecule has 1 atom stereocenters. The smallest absolute Gasteiger partial charge is 0.103 e. The average Bonchev–Trinajstić information content (AvgIpc) is 1.89. The van der Waals surface area contributed by atoms with E-state index in [0.29, 0.717) is 0 Å². The van der Waals surface area contributed by atoms with Crippen molar-refractivity contribution in [2.75, 3.05) is 6.61 Å². The molecule has 0 aromatic heterocycles. The number of aliphatic hydroxyl groups excluding tert-OH is 1.